The molecule has 106 valence electrons. The van der Waals surface area contributed by atoms with Gasteiger partial charge in [0, 0.05) is 11.8 Å². The third-order valence-electron chi connectivity index (χ3n) is 4.67. The highest BCUT2D eigenvalue weighted by Crippen LogP contribution is 2.55. The Morgan fingerprint density at radius 2 is 1.76 bits per heavy atom. The van der Waals surface area contributed by atoms with Crippen LogP contribution >= 0.6 is 0 Å². The first-order valence-electron chi connectivity index (χ1n) is 6.78. The summed E-state index contributed by atoms with van der Waals surface area (Å²) in [6.45, 7) is 0. The first-order valence-corrected chi connectivity index (χ1v) is 6.78. The number of carbonyl (C=O) groups excluding carboxylic acids is 3. The number of benzene rings is 1. The predicted molar refractivity (Wildman–Crippen MR) is 70.5 cm³/mol. The lowest BCUT2D eigenvalue weighted by atomic mass is 9.60. The molecule has 1 heterocycles. The molecular formula is C16H12O5. The molecule has 5 heteroatoms. The fourth-order valence-corrected chi connectivity index (χ4v) is 3.85. The molecular weight excluding hydrogens is 272 g/mol. The van der Waals surface area contributed by atoms with Gasteiger partial charge in [0.05, 0.1) is 24.5 Å². The molecule has 0 radical (unpaired) electrons. The van der Waals surface area contributed by atoms with Crippen LogP contribution in [0.15, 0.2) is 30.4 Å². The standard InChI is InChI=1S/C16H12O5/c1-20-14(17)10-4-2-3-7-8-5-6-9(11(7)10)13-12(8)15(18)21-16(13)19/h2-6,8-9,12-13H,1H3/t8-,9-,12-,13-/m1/s1. The summed E-state index contributed by atoms with van der Waals surface area (Å²) < 4.78 is 9.64. The van der Waals surface area contributed by atoms with Gasteiger partial charge in [0.25, 0.3) is 0 Å². The SMILES string of the molecule is COC(=O)c1cccc2c1[C@H]1C=C[C@H]2[C@H]2C(=O)OC(=O)[C@@H]21. The number of ether oxygens (including phenoxy) is 2. The molecule has 1 aromatic carbocycles. The van der Waals surface area contributed by atoms with Gasteiger partial charge in [-0.3, -0.25) is 9.59 Å². The van der Waals surface area contributed by atoms with Gasteiger partial charge in [-0.1, -0.05) is 24.3 Å². The lowest BCUT2D eigenvalue weighted by Crippen LogP contribution is -2.38. The molecule has 0 amide bonds. The molecule has 3 aliphatic carbocycles. The van der Waals surface area contributed by atoms with Gasteiger partial charge in [0.2, 0.25) is 0 Å². The lowest BCUT2D eigenvalue weighted by molar-refractivity contribution is -0.153. The number of carbonyl (C=O) groups is 3. The molecule has 21 heavy (non-hydrogen) atoms. The molecule has 0 N–H and O–H groups in total. The Bertz CT molecular complexity index is 717. The molecule has 5 nitrogen and oxygen atoms in total. The Morgan fingerprint density at radius 3 is 2.48 bits per heavy atom. The number of hydrogen-bond donors (Lipinski definition) is 0. The summed E-state index contributed by atoms with van der Waals surface area (Å²) in [5, 5.41) is 0. The second-order valence-electron chi connectivity index (χ2n) is 5.53. The van der Waals surface area contributed by atoms with Crippen molar-refractivity contribution in [2.75, 3.05) is 7.11 Å². The Balaban J connectivity index is 1.95. The zero-order valence-corrected chi connectivity index (χ0v) is 11.2. The van der Waals surface area contributed by atoms with E-state index in [4.69, 9.17) is 9.47 Å². The summed E-state index contributed by atoms with van der Waals surface area (Å²) in [5.74, 6) is -2.88. The van der Waals surface area contributed by atoms with Gasteiger partial charge in [-0.2, -0.15) is 0 Å². The molecule has 1 saturated heterocycles. The molecule has 0 spiro atoms. The molecule has 5 rings (SSSR count). The van der Waals surface area contributed by atoms with Crippen LogP contribution in [0.2, 0.25) is 0 Å². The zero-order chi connectivity index (χ0) is 14.7. The number of methoxy groups -OCH3 is 1. The van der Waals surface area contributed by atoms with Crippen LogP contribution in [0.4, 0.5) is 0 Å². The Labute approximate surface area is 120 Å². The summed E-state index contributed by atoms with van der Waals surface area (Å²) in [4.78, 5) is 35.9. The van der Waals surface area contributed by atoms with E-state index in [9.17, 15) is 14.4 Å². The number of cyclic esters (lactones) is 2. The van der Waals surface area contributed by atoms with E-state index < -0.39 is 29.7 Å². The minimum Gasteiger partial charge on any atom is -0.465 e. The molecule has 1 aliphatic heterocycles. The molecule has 0 unspecified atom stereocenters. The van der Waals surface area contributed by atoms with Crippen molar-refractivity contribution in [1.82, 2.24) is 0 Å². The van der Waals surface area contributed by atoms with Crippen LogP contribution in [0.25, 0.3) is 0 Å². The number of esters is 3. The third kappa shape index (κ3) is 1.43. The monoisotopic (exact) mass is 284 g/mol. The summed E-state index contributed by atoms with van der Waals surface area (Å²) in [7, 11) is 1.33. The Morgan fingerprint density at radius 1 is 1.10 bits per heavy atom. The largest absolute Gasteiger partial charge is 0.465 e. The van der Waals surface area contributed by atoms with Crippen LogP contribution in [0.3, 0.4) is 0 Å². The molecule has 2 bridgehead atoms. The van der Waals surface area contributed by atoms with E-state index in [1.807, 2.05) is 18.2 Å². The van der Waals surface area contributed by atoms with E-state index in [1.54, 1.807) is 12.1 Å². The van der Waals surface area contributed by atoms with Crippen LogP contribution in [0.5, 0.6) is 0 Å². The molecule has 1 fully saturated rings. The van der Waals surface area contributed by atoms with Gasteiger partial charge in [-0.25, -0.2) is 4.79 Å². The van der Waals surface area contributed by atoms with Gasteiger partial charge in [0.15, 0.2) is 0 Å². The van der Waals surface area contributed by atoms with Crippen molar-refractivity contribution in [3.63, 3.8) is 0 Å². The second kappa shape index (κ2) is 4.04. The first kappa shape index (κ1) is 12.3. The number of hydrogen-bond acceptors (Lipinski definition) is 5. The van der Waals surface area contributed by atoms with Crippen molar-refractivity contribution in [2.45, 2.75) is 11.8 Å². The van der Waals surface area contributed by atoms with E-state index in [-0.39, 0.29) is 11.8 Å². The number of rotatable bonds is 1. The average Bonchev–Trinajstić information content (AvgIpc) is 2.83. The minimum atomic E-state index is -0.522. The summed E-state index contributed by atoms with van der Waals surface area (Å²) >= 11 is 0. The third-order valence-corrected chi connectivity index (χ3v) is 4.67. The highest BCUT2D eigenvalue weighted by Gasteiger charge is 2.57. The maximum Gasteiger partial charge on any atom is 0.338 e. The van der Waals surface area contributed by atoms with Crippen molar-refractivity contribution in [3.05, 3.63) is 47.0 Å². The fraction of sp³-hybridized carbons (Fsp3) is 0.312. The maximum atomic E-state index is 12.0. The van der Waals surface area contributed by atoms with Crippen molar-refractivity contribution in [2.24, 2.45) is 11.8 Å². The van der Waals surface area contributed by atoms with Gasteiger partial charge in [0.1, 0.15) is 0 Å². The van der Waals surface area contributed by atoms with E-state index in [0.717, 1.165) is 11.1 Å². The van der Waals surface area contributed by atoms with Crippen molar-refractivity contribution in [3.8, 4) is 0 Å². The van der Waals surface area contributed by atoms with Crippen LogP contribution in [0.1, 0.15) is 33.3 Å². The van der Waals surface area contributed by atoms with Gasteiger partial charge in [-0.05, 0) is 17.2 Å². The zero-order valence-electron chi connectivity index (χ0n) is 11.2. The van der Waals surface area contributed by atoms with Crippen LogP contribution in [-0.2, 0) is 19.1 Å². The highest BCUT2D eigenvalue weighted by atomic mass is 16.6. The maximum absolute atomic E-state index is 12.0. The quantitative estimate of drug-likeness (QED) is 0.444. The number of allylic oxidation sites excluding steroid dienone is 2. The summed E-state index contributed by atoms with van der Waals surface area (Å²) in [5.41, 5.74) is 2.17. The summed E-state index contributed by atoms with van der Waals surface area (Å²) in [6, 6.07) is 5.36. The minimum absolute atomic E-state index is 0.210. The predicted octanol–water partition coefficient (Wildman–Crippen LogP) is 1.54. The van der Waals surface area contributed by atoms with Crippen molar-refractivity contribution < 1.29 is 23.9 Å². The van der Waals surface area contributed by atoms with Crippen LogP contribution in [-0.4, -0.2) is 25.0 Å². The van der Waals surface area contributed by atoms with E-state index in [2.05, 4.69) is 0 Å². The van der Waals surface area contributed by atoms with E-state index in [1.165, 1.54) is 7.11 Å². The van der Waals surface area contributed by atoms with Gasteiger partial charge >= 0.3 is 17.9 Å². The molecule has 0 saturated carbocycles. The van der Waals surface area contributed by atoms with E-state index in [0.29, 0.717) is 5.56 Å². The van der Waals surface area contributed by atoms with Crippen LogP contribution < -0.4 is 0 Å². The van der Waals surface area contributed by atoms with Crippen LogP contribution in [0, 0.1) is 11.8 Å². The van der Waals surface area contributed by atoms with Crippen molar-refractivity contribution in [1.29, 1.82) is 0 Å². The smallest absolute Gasteiger partial charge is 0.338 e. The molecule has 4 aliphatic rings. The fourth-order valence-electron chi connectivity index (χ4n) is 3.85. The Hall–Kier alpha value is -2.43. The highest BCUT2D eigenvalue weighted by molar-refractivity contribution is 6.00. The molecule has 0 aromatic heterocycles. The Kier molecular flexibility index (Phi) is 2.37. The lowest BCUT2D eigenvalue weighted by Gasteiger charge is -2.40. The van der Waals surface area contributed by atoms with Gasteiger partial charge < -0.3 is 9.47 Å². The van der Waals surface area contributed by atoms with E-state index >= 15 is 0 Å². The topological polar surface area (TPSA) is 69.7 Å². The normalized spacial score (nSPS) is 31.7. The first-order chi connectivity index (χ1) is 10.1. The molecule has 4 atom stereocenters. The van der Waals surface area contributed by atoms with Gasteiger partial charge in [-0.15, -0.1) is 0 Å². The second-order valence-corrected chi connectivity index (χ2v) is 5.53. The van der Waals surface area contributed by atoms with Crippen molar-refractivity contribution >= 4 is 17.9 Å². The summed E-state index contributed by atoms with van der Waals surface area (Å²) in [6.07, 6.45) is 3.84. The average molecular weight is 284 g/mol. The molecule has 1 aromatic rings.